The first-order chi connectivity index (χ1) is 9.60. The fourth-order valence-corrected chi connectivity index (χ4v) is 2.55. The molecule has 0 aromatic heterocycles. The third kappa shape index (κ3) is 4.04. The van der Waals surface area contributed by atoms with Crippen molar-refractivity contribution in [1.29, 1.82) is 0 Å². The van der Waals surface area contributed by atoms with Crippen LogP contribution in [0.4, 0.5) is 5.69 Å². The molecule has 0 radical (unpaired) electrons. The number of rotatable bonds is 6. The molecule has 0 atom stereocenters. The molecule has 2 N–H and O–H groups in total. The van der Waals surface area contributed by atoms with E-state index in [0.29, 0.717) is 5.69 Å². The maximum atomic E-state index is 12.0. The quantitative estimate of drug-likeness (QED) is 0.828. The van der Waals surface area contributed by atoms with Crippen molar-refractivity contribution in [3.05, 3.63) is 29.8 Å². The first kappa shape index (κ1) is 17.2. The Labute approximate surface area is 124 Å². The standard InChI is InChI=1S/C14H19NO5S/c1-4-10-5-7-11(8-6-10)15-12(16)9-21(19,20)14(2,3)13(17)18/h5-8H,4,9H2,1-3H3,(H,15,16)(H,17,18). The summed E-state index contributed by atoms with van der Waals surface area (Å²) < 4.78 is 21.9. The Morgan fingerprint density at radius 3 is 2.14 bits per heavy atom. The molecule has 0 spiro atoms. The Balaban J connectivity index is 2.79. The number of sulfone groups is 1. The van der Waals surface area contributed by atoms with E-state index in [2.05, 4.69) is 5.32 Å². The molecule has 7 heteroatoms. The summed E-state index contributed by atoms with van der Waals surface area (Å²) in [6.45, 7) is 4.12. The van der Waals surface area contributed by atoms with Crippen molar-refractivity contribution in [2.75, 3.05) is 11.1 Å². The zero-order valence-electron chi connectivity index (χ0n) is 12.2. The molecule has 1 aromatic carbocycles. The highest BCUT2D eigenvalue weighted by atomic mass is 32.2. The number of aliphatic carboxylic acids is 1. The molecule has 0 saturated carbocycles. The molecule has 0 aliphatic rings. The Morgan fingerprint density at radius 2 is 1.71 bits per heavy atom. The van der Waals surface area contributed by atoms with Crippen molar-refractivity contribution in [3.63, 3.8) is 0 Å². The summed E-state index contributed by atoms with van der Waals surface area (Å²) in [4.78, 5) is 22.7. The van der Waals surface area contributed by atoms with Gasteiger partial charge in [0.15, 0.2) is 14.6 Å². The molecule has 0 unspecified atom stereocenters. The number of nitrogens with one attached hydrogen (secondary N) is 1. The van der Waals surface area contributed by atoms with Crippen molar-refractivity contribution >= 4 is 27.4 Å². The van der Waals surface area contributed by atoms with Crippen LogP contribution in [-0.4, -0.2) is 35.9 Å². The minimum absolute atomic E-state index is 0.473. The zero-order valence-corrected chi connectivity index (χ0v) is 13.0. The zero-order chi connectivity index (χ0) is 16.3. The molecule has 0 bridgehead atoms. The van der Waals surface area contributed by atoms with Gasteiger partial charge in [-0.25, -0.2) is 8.42 Å². The summed E-state index contributed by atoms with van der Waals surface area (Å²) in [5.41, 5.74) is 1.56. The van der Waals surface area contributed by atoms with Crippen molar-refractivity contribution in [1.82, 2.24) is 0 Å². The second-order valence-electron chi connectivity index (χ2n) is 5.17. The first-order valence-electron chi connectivity index (χ1n) is 6.44. The van der Waals surface area contributed by atoms with Gasteiger partial charge in [-0.05, 0) is 38.0 Å². The summed E-state index contributed by atoms with van der Waals surface area (Å²) in [7, 11) is -4.10. The number of carbonyl (C=O) groups excluding carboxylic acids is 1. The summed E-state index contributed by atoms with van der Waals surface area (Å²) in [6, 6.07) is 6.99. The van der Waals surface area contributed by atoms with E-state index in [1.54, 1.807) is 12.1 Å². The topological polar surface area (TPSA) is 101 Å². The van der Waals surface area contributed by atoms with E-state index in [1.807, 2.05) is 19.1 Å². The second kappa shape index (κ2) is 6.26. The number of amides is 1. The highest BCUT2D eigenvalue weighted by Crippen LogP contribution is 2.18. The average molecular weight is 313 g/mol. The van der Waals surface area contributed by atoms with Crippen LogP contribution in [0.5, 0.6) is 0 Å². The van der Waals surface area contributed by atoms with E-state index in [4.69, 9.17) is 5.11 Å². The predicted molar refractivity (Wildman–Crippen MR) is 80.0 cm³/mol. The molecule has 1 rings (SSSR count). The van der Waals surface area contributed by atoms with Gasteiger partial charge in [-0.2, -0.15) is 0 Å². The number of carboxylic acid groups (broad SMARTS) is 1. The number of aryl methyl sites for hydroxylation is 1. The number of hydrogen-bond acceptors (Lipinski definition) is 4. The van der Waals surface area contributed by atoms with E-state index in [-0.39, 0.29) is 0 Å². The lowest BCUT2D eigenvalue weighted by Crippen LogP contribution is -2.44. The maximum Gasteiger partial charge on any atom is 0.324 e. The molecule has 0 aliphatic carbocycles. The maximum absolute atomic E-state index is 12.0. The molecular formula is C14H19NO5S. The predicted octanol–water partition coefficient (Wildman–Crippen LogP) is 1.47. The van der Waals surface area contributed by atoms with Gasteiger partial charge in [0.25, 0.3) is 0 Å². The largest absolute Gasteiger partial charge is 0.480 e. The van der Waals surface area contributed by atoms with Gasteiger partial charge in [-0.3, -0.25) is 9.59 Å². The second-order valence-corrected chi connectivity index (χ2v) is 7.71. The minimum Gasteiger partial charge on any atom is -0.480 e. The van der Waals surface area contributed by atoms with Crippen LogP contribution in [0, 0.1) is 0 Å². The number of benzene rings is 1. The SMILES string of the molecule is CCc1ccc(NC(=O)CS(=O)(=O)C(C)(C)C(=O)O)cc1. The van der Waals surface area contributed by atoms with Gasteiger partial charge < -0.3 is 10.4 Å². The number of carbonyl (C=O) groups is 2. The van der Waals surface area contributed by atoms with Gasteiger partial charge in [0, 0.05) is 5.69 Å². The highest BCUT2D eigenvalue weighted by Gasteiger charge is 2.42. The Morgan fingerprint density at radius 1 is 1.19 bits per heavy atom. The molecule has 6 nitrogen and oxygen atoms in total. The van der Waals surface area contributed by atoms with Crippen LogP contribution in [0.1, 0.15) is 26.3 Å². The van der Waals surface area contributed by atoms with Gasteiger partial charge in [0.2, 0.25) is 5.91 Å². The normalized spacial score (nSPS) is 12.0. The van der Waals surface area contributed by atoms with Crippen LogP contribution in [0.3, 0.4) is 0 Å². The summed E-state index contributed by atoms with van der Waals surface area (Å²) in [5.74, 6) is -3.11. The lowest BCUT2D eigenvalue weighted by Gasteiger charge is -2.19. The molecule has 116 valence electrons. The molecule has 0 saturated heterocycles. The van der Waals surface area contributed by atoms with Crippen LogP contribution < -0.4 is 5.32 Å². The van der Waals surface area contributed by atoms with Gasteiger partial charge in [-0.1, -0.05) is 19.1 Å². The summed E-state index contributed by atoms with van der Waals surface area (Å²) in [5, 5.41) is 11.4. The van der Waals surface area contributed by atoms with Crippen molar-refractivity contribution < 1.29 is 23.1 Å². The molecule has 0 fully saturated rings. The highest BCUT2D eigenvalue weighted by molar-refractivity contribution is 7.94. The third-order valence-electron chi connectivity index (χ3n) is 3.26. The smallest absolute Gasteiger partial charge is 0.324 e. The van der Waals surface area contributed by atoms with Crippen LogP contribution in [0.2, 0.25) is 0 Å². The fraction of sp³-hybridized carbons (Fsp3) is 0.429. The lowest BCUT2D eigenvalue weighted by atomic mass is 10.1. The van der Waals surface area contributed by atoms with Gasteiger partial charge in [0.05, 0.1) is 0 Å². The molecular weight excluding hydrogens is 294 g/mol. The van der Waals surface area contributed by atoms with E-state index in [1.165, 1.54) is 0 Å². The number of hydrogen-bond donors (Lipinski definition) is 2. The summed E-state index contributed by atoms with van der Waals surface area (Å²) >= 11 is 0. The van der Waals surface area contributed by atoms with E-state index in [9.17, 15) is 18.0 Å². The van der Waals surface area contributed by atoms with Crippen LogP contribution >= 0.6 is 0 Å². The fourth-order valence-electron chi connectivity index (χ4n) is 1.51. The Hall–Kier alpha value is -1.89. The molecule has 1 amide bonds. The number of anilines is 1. The van der Waals surface area contributed by atoms with Crippen LogP contribution in [-0.2, 0) is 25.8 Å². The van der Waals surface area contributed by atoms with Crippen molar-refractivity contribution in [2.45, 2.75) is 31.9 Å². The summed E-state index contributed by atoms with van der Waals surface area (Å²) in [6.07, 6.45) is 0.857. The number of carboxylic acids is 1. The van der Waals surface area contributed by atoms with Gasteiger partial charge in [0.1, 0.15) is 5.75 Å². The average Bonchev–Trinajstić information content (AvgIpc) is 2.38. The van der Waals surface area contributed by atoms with Gasteiger partial charge >= 0.3 is 5.97 Å². The van der Waals surface area contributed by atoms with E-state index < -0.39 is 32.2 Å². The van der Waals surface area contributed by atoms with Crippen molar-refractivity contribution in [3.8, 4) is 0 Å². The lowest BCUT2D eigenvalue weighted by molar-refractivity contribution is -0.139. The Kier molecular flexibility index (Phi) is 5.11. The van der Waals surface area contributed by atoms with Gasteiger partial charge in [-0.15, -0.1) is 0 Å². The van der Waals surface area contributed by atoms with Crippen LogP contribution in [0.25, 0.3) is 0 Å². The monoisotopic (exact) mass is 313 g/mol. The van der Waals surface area contributed by atoms with E-state index >= 15 is 0 Å². The third-order valence-corrected chi connectivity index (χ3v) is 5.63. The molecule has 0 aliphatic heterocycles. The van der Waals surface area contributed by atoms with Crippen LogP contribution in [0.15, 0.2) is 24.3 Å². The molecule has 21 heavy (non-hydrogen) atoms. The first-order valence-corrected chi connectivity index (χ1v) is 8.10. The Bertz CT molecular complexity index is 632. The van der Waals surface area contributed by atoms with E-state index in [0.717, 1.165) is 25.8 Å². The van der Waals surface area contributed by atoms with Crippen molar-refractivity contribution in [2.24, 2.45) is 0 Å². The molecule has 0 heterocycles. The minimum atomic E-state index is -4.10. The molecule has 1 aromatic rings.